The Morgan fingerprint density at radius 2 is 1.05 bits per heavy atom. The van der Waals surface area contributed by atoms with Gasteiger partial charge in [0.2, 0.25) is 0 Å². The molecule has 1 aromatic rings. The van der Waals surface area contributed by atoms with Crippen molar-refractivity contribution in [3.05, 3.63) is 34.4 Å². The first-order chi connectivity index (χ1) is 8.98. The van der Waals surface area contributed by atoms with Crippen LogP contribution in [-0.4, -0.2) is 16.1 Å². The van der Waals surface area contributed by atoms with E-state index < -0.39 is 16.1 Å². The largest absolute Gasteiger partial charge is 0.129 e. The molecule has 1 rings (SSSR count). The standard InChI is InChI=1S/C18H26Si2/c1-15-13-17(9-11-19(3,4)5)16(2)18(14-15)10-12-20(6,7)8/h13-14H,1-8H3. The maximum atomic E-state index is 3.46. The molecular weight excluding hydrogens is 272 g/mol. The first-order valence-corrected chi connectivity index (χ1v) is 14.2. The first kappa shape index (κ1) is 16.8. The summed E-state index contributed by atoms with van der Waals surface area (Å²) >= 11 is 0. The molecule has 106 valence electrons. The number of benzene rings is 1. The fourth-order valence-corrected chi connectivity index (χ4v) is 2.65. The molecular formula is C18H26Si2. The maximum absolute atomic E-state index is 3.46. The summed E-state index contributed by atoms with van der Waals surface area (Å²) in [6, 6.07) is 4.37. The Morgan fingerprint density at radius 3 is 1.35 bits per heavy atom. The second-order valence-electron chi connectivity index (χ2n) is 7.49. The second kappa shape index (κ2) is 6.04. The van der Waals surface area contributed by atoms with Crippen LogP contribution in [0.25, 0.3) is 0 Å². The van der Waals surface area contributed by atoms with Gasteiger partial charge in [-0.2, -0.15) is 0 Å². The van der Waals surface area contributed by atoms with Crippen LogP contribution in [-0.2, 0) is 0 Å². The molecule has 0 heterocycles. The molecule has 20 heavy (non-hydrogen) atoms. The highest BCUT2D eigenvalue weighted by Crippen LogP contribution is 2.16. The van der Waals surface area contributed by atoms with Crippen molar-refractivity contribution in [3.8, 4) is 22.9 Å². The van der Waals surface area contributed by atoms with E-state index in [2.05, 4.69) is 88.2 Å². The number of hydrogen-bond acceptors (Lipinski definition) is 0. The van der Waals surface area contributed by atoms with Crippen LogP contribution in [0.3, 0.4) is 0 Å². The first-order valence-electron chi connectivity index (χ1n) is 7.15. The van der Waals surface area contributed by atoms with E-state index in [4.69, 9.17) is 0 Å². The van der Waals surface area contributed by atoms with E-state index in [-0.39, 0.29) is 0 Å². The molecule has 0 saturated heterocycles. The Kier molecular flexibility index (Phi) is 5.08. The van der Waals surface area contributed by atoms with E-state index in [0.717, 1.165) is 11.1 Å². The predicted molar refractivity (Wildman–Crippen MR) is 96.4 cm³/mol. The fourth-order valence-electron chi connectivity index (χ4n) is 1.63. The van der Waals surface area contributed by atoms with Crippen LogP contribution in [0.2, 0.25) is 39.3 Å². The Balaban J connectivity index is 3.32. The molecule has 1 aromatic carbocycles. The van der Waals surface area contributed by atoms with Gasteiger partial charge in [-0.1, -0.05) is 51.1 Å². The molecule has 0 N–H and O–H groups in total. The highest BCUT2D eigenvalue weighted by molar-refractivity contribution is 6.84. The SMILES string of the molecule is Cc1cc(C#C[Si](C)(C)C)c(C)c(C#C[Si](C)(C)C)c1. The number of aryl methyl sites for hydroxylation is 1. The molecule has 0 spiro atoms. The summed E-state index contributed by atoms with van der Waals surface area (Å²) in [6.45, 7) is 17.9. The van der Waals surface area contributed by atoms with Crippen molar-refractivity contribution in [1.29, 1.82) is 0 Å². The fraction of sp³-hybridized carbons (Fsp3) is 0.444. The molecule has 0 radical (unpaired) electrons. The zero-order valence-electron chi connectivity index (χ0n) is 14.2. The molecule has 2 heteroatoms. The molecule has 0 aromatic heterocycles. The van der Waals surface area contributed by atoms with Crippen LogP contribution in [0.4, 0.5) is 0 Å². The molecule has 0 aliphatic rings. The van der Waals surface area contributed by atoms with E-state index >= 15 is 0 Å². The summed E-state index contributed by atoms with van der Waals surface area (Å²) in [5, 5.41) is 0. The third-order valence-electron chi connectivity index (χ3n) is 2.70. The molecule has 0 fully saturated rings. The van der Waals surface area contributed by atoms with Crippen molar-refractivity contribution in [2.24, 2.45) is 0 Å². The monoisotopic (exact) mass is 298 g/mol. The zero-order chi connectivity index (χ0) is 15.6. The molecule has 0 bridgehead atoms. The minimum atomic E-state index is -1.34. The average molecular weight is 299 g/mol. The lowest BCUT2D eigenvalue weighted by Crippen LogP contribution is -2.16. The Labute approximate surface area is 127 Å². The van der Waals surface area contributed by atoms with E-state index in [1.807, 2.05) is 0 Å². The highest BCUT2D eigenvalue weighted by Gasteiger charge is 2.10. The maximum Gasteiger partial charge on any atom is 0.129 e. The molecule has 0 atom stereocenters. The molecule has 0 unspecified atom stereocenters. The van der Waals surface area contributed by atoms with Gasteiger partial charge in [0.25, 0.3) is 0 Å². The van der Waals surface area contributed by atoms with Gasteiger partial charge in [0.15, 0.2) is 0 Å². The van der Waals surface area contributed by atoms with Crippen LogP contribution in [0, 0.1) is 36.8 Å². The number of hydrogen-bond donors (Lipinski definition) is 0. The third kappa shape index (κ3) is 5.82. The van der Waals surface area contributed by atoms with Crippen molar-refractivity contribution in [3.63, 3.8) is 0 Å². The van der Waals surface area contributed by atoms with Crippen molar-refractivity contribution in [2.45, 2.75) is 53.1 Å². The van der Waals surface area contributed by atoms with E-state index in [9.17, 15) is 0 Å². The van der Waals surface area contributed by atoms with Gasteiger partial charge in [0.05, 0.1) is 0 Å². The summed E-state index contributed by atoms with van der Waals surface area (Å²) in [6.07, 6.45) is 0. The van der Waals surface area contributed by atoms with E-state index in [0.29, 0.717) is 0 Å². The van der Waals surface area contributed by atoms with Crippen molar-refractivity contribution in [1.82, 2.24) is 0 Å². The normalized spacial score (nSPS) is 11.2. The summed E-state index contributed by atoms with van der Waals surface area (Å²) in [5.41, 5.74) is 11.7. The van der Waals surface area contributed by atoms with Gasteiger partial charge >= 0.3 is 0 Å². The summed E-state index contributed by atoms with van der Waals surface area (Å²) in [4.78, 5) is 0. The van der Waals surface area contributed by atoms with Crippen LogP contribution >= 0.6 is 0 Å². The van der Waals surface area contributed by atoms with Crippen LogP contribution in [0.5, 0.6) is 0 Å². The van der Waals surface area contributed by atoms with Crippen LogP contribution in [0.15, 0.2) is 12.1 Å². The number of rotatable bonds is 0. The minimum absolute atomic E-state index is 1.15. The Bertz CT molecular complexity index is 565. The van der Waals surface area contributed by atoms with Gasteiger partial charge in [-0.3, -0.25) is 0 Å². The van der Waals surface area contributed by atoms with Crippen molar-refractivity contribution < 1.29 is 0 Å². The highest BCUT2D eigenvalue weighted by atomic mass is 28.3. The predicted octanol–water partition coefficient (Wildman–Crippen LogP) is 4.76. The molecule has 0 aliphatic carbocycles. The van der Waals surface area contributed by atoms with Gasteiger partial charge in [-0.15, -0.1) is 11.1 Å². The van der Waals surface area contributed by atoms with E-state index in [1.165, 1.54) is 11.1 Å². The van der Waals surface area contributed by atoms with Crippen molar-refractivity contribution in [2.75, 3.05) is 0 Å². The van der Waals surface area contributed by atoms with Gasteiger partial charge < -0.3 is 0 Å². The van der Waals surface area contributed by atoms with E-state index in [1.54, 1.807) is 0 Å². The third-order valence-corrected chi connectivity index (χ3v) is 4.45. The van der Waals surface area contributed by atoms with Crippen molar-refractivity contribution >= 4 is 16.1 Å². The lowest BCUT2D eigenvalue weighted by atomic mass is 10.0. The summed E-state index contributed by atoms with van der Waals surface area (Å²) < 4.78 is 0. The van der Waals surface area contributed by atoms with Gasteiger partial charge in [-0.25, -0.2) is 0 Å². The Morgan fingerprint density at radius 1 is 0.700 bits per heavy atom. The van der Waals surface area contributed by atoms with Crippen LogP contribution < -0.4 is 0 Å². The molecule has 0 aliphatic heterocycles. The van der Waals surface area contributed by atoms with Crippen LogP contribution in [0.1, 0.15) is 22.3 Å². The van der Waals surface area contributed by atoms with Gasteiger partial charge in [-0.05, 0) is 37.1 Å². The smallest absolute Gasteiger partial charge is 0.127 e. The lowest BCUT2D eigenvalue weighted by Gasteiger charge is -2.08. The summed E-state index contributed by atoms with van der Waals surface area (Å²) in [7, 11) is -2.67. The zero-order valence-corrected chi connectivity index (χ0v) is 16.2. The van der Waals surface area contributed by atoms with Gasteiger partial charge in [0, 0.05) is 11.1 Å². The average Bonchev–Trinajstić information content (AvgIpc) is 2.25. The summed E-state index contributed by atoms with van der Waals surface area (Å²) in [5.74, 6) is 6.77. The molecule has 0 amide bonds. The second-order valence-corrected chi connectivity index (χ2v) is 17.0. The minimum Gasteiger partial charge on any atom is -0.127 e. The Hall–Kier alpha value is -1.23. The van der Waals surface area contributed by atoms with Gasteiger partial charge in [0.1, 0.15) is 16.1 Å². The molecule has 0 nitrogen and oxygen atoms in total. The lowest BCUT2D eigenvalue weighted by molar-refractivity contribution is 1.35. The molecule has 0 saturated carbocycles. The topological polar surface area (TPSA) is 0 Å². The quantitative estimate of drug-likeness (QED) is 0.478.